The number of rotatable bonds is 5. The average molecular weight is 511 g/mol. The molecule has 38 heavy (non-hydrogen) atoms. The number of fused-ring (bicyclic) bond motifs is 4. The van der Waals surface area contributed by atoms with E-state index in [1.165, 1.54) is 24.8 Å². The van der Waals surface area contributed by atoms with Crippen LogP contribution in [0.15, 0.2) is 77.4 Å². The van der Waals surface area contributed by atoms with Gasteiger partial charge >= 0.3 is 5.97 Å². The van der Waals surface area contributed by atoms with E-state index in [4.69, 9.17) is 4.74 Å². The molecule has 0 spiro atoms. The number of carbonyl (C=O) groups excluding carboxylic acids is 1. The molecule has 0 aromatic heterocycles. The molecule has 1 N–H and O–H groups in total. The monoisotopic (exact) mass is 510 g/mol. The summed E-state index contributed by atoms with van der Waals surface area (Å²) in [5, 5.41) is 11.1. The van der Waals surface area contributed by atoms with E-state index in [0.717, 1.165) is 44.1 Å². The number of allylic oxidation sites excluding steroid dienone is 4. The Balaban J connectivity index is 1.16. The first kappa shape index (κ1) is 25.6. The number of hydrogen-bond donors (Lipinski definition) is 1. The van der Waals surface area contributed by atoms with Gasteiger partial charge in [-0.3, -0.25) is 0 Å². The van der Waals surface area contributed by atoms with Crippen LogP contribution in [0.25, 0.3) is 0 Å². The number of hydrogen-bond acceptors (Lipinski definition) is 3. The molecule has 0 heterocycles. The number of aliphatic hydroxyl groups excluding tert-OH is 1. The lowest BCUT2D eigenvalue weighted by molar-refractivity contribution is -0.0123. The first-order valence-electron chi connectivity index (χ1n) is 14.7. The number of ether oxygens (including phenoxy) is 1. The molecule has 1 saturated carbocycles. The fourth-order valence-corrected chi connectivity index (χ4v) is 8.45. The van der Waals surface area contributed by atoms with E-state index in [0.29, 0.717) is 17.4 Å². The average Bonchev–Trinajstić information content (AvgIpc) is 3.25. The smallest absolute Gasteiger partial charge is 0.338 e. The van der Waals surface area contributed by atoms with Gasteiger partial charge < -0.3 is 9.84 Å². The molecule has 4 aliphatic rings. The summed E-state index contributed by atoms with van der Waals surface area (Å²) in [5.41, 5.74) is 8.22. The summed E-state index contributed by atoms with van der Waals surface area (Å²) in [6.07, 6.45) is 11.7. The molecule has 3 nitrogen and oxygen atoms in total. The van der Waals surface area contributed by atoms with Gasteiger partial charge in [-0.25, -0.2) is 4.79 Å². The number of aryl methyl sites for hydroxylation is 1. The summed E-state index contributed by atoms with van der Waals surface area (Å²) in [6, 6.07) is 17.8. The van der Waals surface area contributed by atoms with Gasteiger partial charge in [0.05, 0.1) is 11.7 Å². The van der Waals surface area contributed by atoms with Crippen molar-refractivity contribution in [1.82, 2.24) is 0 Å². The van der Waals surface area contributed by atoms with Crippen LogP contribution >= 0.6 is 0 Å². The van der Waals surface area contributed by atoms with Crippen molar-refractivity contribution in [2.24, 2.45) is 22.7 Å². The lowest BCUT2D eigenvalue weighted by Gasteiger charge is -2.53. The number of carbonyl (C=O) groups is 1. The molecule has 0 bridgehead atoms. The van der Waals surface area contributed by atoms with Crippen molar-refractivity contribution in [3.8, 4) is 0 Å². The summed E-state index contributed by atoms with van der Waals surface area (Å²) < 4.78 is 6.00. The summed E-state index contributed by atoms with van der Waals surface area (Å²) in [5.74, 6) is 0.882. The van der Waals surface area contributed by atoms with Crippen LogP contribution in [-0.2, 0) is 4.74 Å². The van der Waals surface area contributed by atoms with Crippen LogP contribution in [0.5, 0.6) is 0 Å². The number of esters is 1. The van der Waals surface area contributed by atoms with Crippen LogP contribution in [-0.4, -0.2) is 17.2 Å². The van der Waals surface area contributed by atoms with Crippen LogP contribution in [0.4, 0.5) is 0 Å². The largest absolute Gasteiger partial charge is 0.459 e. The van der Waals surface area contributed by atoms with Crippen LogP contribution in [0, 0.1) is 29.6 Å². The van der Waals surface area contributed by atoms with E-state index in [-0.39, 0.29) is 22.9 Å². The highest BCUT2D eigenvalue weighted by Crippen LogP contribution is 2.64. The van der Waals surface area contributed by atoms with Gasteiger partial charge in [-0.2, -0.15) is 0 Å². The van der Waals surface area contributed by atoms with Crippen molar-refractivity contribution in [1.29, 1.82) is 0 Å². The van der Waals surface area contributed by atoms with Crippen molar-refractivity contribution in [2.75, 3.05) is 0 Å². The zero-order valence-corrected chi connectivity index (χ0v) is 23.2. The van der Waals surface area contributed by atoms with E-state index >= 15 is 0 Å². The fraction of sp³-hybridized carbons (Fsp3) is 0.514. The van der Waals surface area contributed by atoms with Gasteiger partial charge in [0.2, 0.25) is 0 Å². The maximum atomic E-state index is 12.7. The Labute approximate surface area is 228 Å². The predicted molar refractivity (Wildman–Crippen MR) is 152 cm³/mol. The first-order chi connectivity index (χ1) is 18.3. The number of benzene rings is 2. The Morgan fingerprint density at radius 2 is 1.84 bits per heavy atom. The Kier molecular flexibility index (Phi) is 6.63. The molecule has 2 aromatic carbocycles. The van der Waals surface area contributed by atoms with Gasteiger partial charge in [-0.1, -0.05) is 73.5 Å². The minimum absolute atomic E-state index is 0.0231. The summed E-state index contributed by atoms with van der Waals surface area (Å²) in [6.45, 7) is 7.07. The van der Waals surface area contributed by atoms with Gasteiger partial charge in [0.25, 0.3) is 0 Å². The van der Waals surface area contributed by atoms with Crippen molar-refractivity contribution >= 4 is 5.97 Å². The van der Waals surface area contributed by atoms with Gasteiger partial charge in [-0.15, -0.1) is 0 Å². The maximum Gasteiger partial charge on any atom is 0.338 e. The van der Waals surface area contributed by atoms with Crippen LogP contribution in [0.2, 0.25) is 0 Å². The van der Waals surface area contributed by atoms with Crippen molar-refractivity contribution in [3.05, 3.63) is 94.1 Å². The zero-order valence-electron chi connectivity index (χ0n) is 23.2. The lowest BCUT2D eigenvalue weighted by Crippen LogP contribution is -2.44. The van der Waals surface area contributed by atoms with Crippen molar-refractivity contribution < 1.29 is 14.6 Å². The Morgan fingerprint density at radius 1 is 1.03 bits per heavy atom. The molecule has 0 aliphatic heterocycles. The Bertz CT molecular complexity index is 1270. The molecular weight excluding hydrogens is 468 g/mol. The van der Waals surface area contributed by atoms with Gasteiger partial charge in [0.15, 0.2) is 0 Å². The van der Waals surface area contributed by atoms with E-state index in [2.05, 4.69) is 51.1 Å². The third-order valence-corrected chi connectivity index (χ3v) is 10.8. The highest BCUT2D eigenvalue weighted by atomic mass is 16.5. The first-order valence-corrected chi connectivity index (χ1v) is 14.7. The molecule has 0 saturated heterocycles. The topological polar surface area (TPSA) is 46.5 Å². The maximum absolute atomic E-state index is 12.7. The molecule has 4 aliphatic carbocycles. The number of aliphatic hydroxyl groups is 1. The summed E-state index contributed by atoms with van der Waals surface area (Å²) in [4.78, 5) is 12.7. The molecule has 6 rings (SSSR count). The van der Waals surface area contributed by atoms with Gasteiger partial charge in [-0.05, 0) is 116 Å². The fourth-order valence-electron chi connectivity index (χ4n) is 8.45. The molecule has 2 aromatic rings. The second-order valence-corrected chi connectivity index (χ2v) is 12.9. The molecule has 3 heteroatoms. The Morgan fingerprint density at radius 3 is 2.63 bits per heavy atom. The second kappa shape index (κ2) is 9.83. The summed E-state index contributed by atoms with van der Waals surface area (Å²) in [7, 11) is 0. The van der Waals surface area contributed by atoms with Crippen LogP contribution in [0.1, 0.15) is 99.2 Å². The van der Waals surface area contributed by atoms with E-state index < -0.39 is 6.10 Å². The molecule has 0 radical (unpaired) electrons. The Hall–Kier alpha value is -2.65. The highest BCUT2D eigenvalue weighted by Gasteiger charge is 2.52. The van der Waals surface area contributed by atoms with Crippen molar-refractivity contribution in [3.63, 3.8) is 0 Å². The predicted octanol–water partition coefficient (Wildman–Crippen LogP) is 8.29. The highest BCUT2D eigenvalue weighted by molar-refractivity contribution is 5.89. The molecule has 0 amide bonds. The third-order valence-electron chi connectivity index (χ3n) is 10.8. The SMILES string of the molecule is Cc1cccc(C(O)C[C@H]2CC=C3C4=C(CC[C@@]32C)[C@@]2(C)CCC(OC(=O)c3ccccc3)CC2CC4)c1. The molecule has 1 fully saturated rings. The minimum Gasteiger partial charge on any atom is -0.459 e. The lowest BCUT2D eigenvalue weighted by atomic mass is 9.52. The van der Waals surface area contributed by atoms with E-state index in [9.17, 15) is 9.90 Å². The second-order valence-electron chi connectivity index (χ2n) is 12.9. The van der Waals surface area contributed by atoms with Crippen LogP contribution in [0.3, 0.4) is 0 Å². The van der Waals surface area contributed by atoms with E-state index in [1.807, 2.05) is 30.3 Å². The van der Waals surface area contributed by atoms with Crippen LogP contribution < -0.4 is 0 Å². The summed E-state index contributed by atoms with van der Waals surface area (Å²) >= 11 is 0. The molecule has 200 valence electrons. The third kappa shape index (κ3) is 4.37. The van der Waals surface area contributed by atoms with E-state index in [1.54, 1.807) is 16.7 Å². The molecular formula is C35H42O3. The molecule has 6 atom stereocenters. The van der Waals surface area contributed by atoms with Gasteiger partial charge in [0, 0.05) is 0 Å². The quantitative estimate of drug-likeness (QED) is 0.412. The van der Waals surface area contributed by atoms with Gasteiger partial charge in [0.1, 0.15) is 6.10 Å². The van der Waals surface area contributed by atoms with Crippen molar-refractivity contribution in [2.45, 2.75) is 90.8 Å². The standard InChI is InChI=1S/C35H42O3/c1-23-8-7-11-25(20-23)32(36)22-27-13-15-30-29-14-12-26-21-28(38-33(37)24-9-5-4-6-10-24)16-18-34(26,2)31(29)17-19-35(27,30)3/h4-11,15,20,26-28,32,36H,12-14,16-19,21-22H2,1-3H3/t26?,27-,28?,32?,34+,35-/m1/s1. The zero-order chi connectivity index (χ0) is 26.5. The minimum atomic E-state index is -0.401. The molecule has 3 unspecified atom stereocenters. The normalized spacial score (nSPS) is 33.1.